The van der Waals surface area contributed by atoms with Gasteiger partial charge in [0.1, 0.15) is 23.4 Å². The topological polar surface area (TPSA) is 70.8 Å². The molecule has 1 aliphatic rings. The van der Waals surface area contributed by atoms with Crippen LogP contribution in [-0.4, -0.2) is 16.8 Å². The van der Waals surface area contributed by atoms with Crippen molar-refractivity contribution in [2.24, 2.45) is 0 Å². The molecular formula is C22H15ClFNO4. The summed E-state index contributed by atoms with van der Waals surface area (Å²) in [5.41, 5.74) is 1.23. The van der Waals surface area contributed by atoms with Crippen LogP contribution in [-0.2, 0) is 9.59 Å². The number of furan rings is 1. The zero-order valence-electron chi connectivity index (χ0n) is 15.2. The number of rotatable bonds is 3. The van der Waals surface area contributed by atoms with E-state index in [1.165, 1.54) is 23.3 Å². The summed E-state index contributed by atoms with van der Waals surface area (Å²) in [6.45, 7) is 1.76. The van der Waals surface area contributed by atoms with Crippen LogP contribution >= 0.6 is 11.6 Å². The Morgan fingerprint density at radius 2 is 1.86 bits per heavy atom. The number of carbonyl (C=O) groups excluding carboxylic acids is 2. The van der Waals surface area contributed by atoms with Gasteiger partial charge in [-0.05, 0) is 67.1 Å². The largest absolute Gasteiger partial charge is 0.507 e. The van der Waals surface area contributed by atoms with E-state index in [0.717, 1.165) is 12.1 Å². The first-order valence-corrected chi connectivity index (χ1v) is 9.13. The molecule has 3 aromatic rings. The summed E-state index contributed by atoms with van der Waals surface area (Å²) >= 11 is 6.03. The molecule has 1 unspecified atom stereocenters. The first kappa shape index (κ1) is 19.0. The maximum absolute atomic E-state index is 13.3. The minimum atomic E-state index is -0.977. The number of ketones is 1. The summed E-state index contributed by atoms with van der Waals surface area (Å²) in [6, 6.07) is 12.2. The predicted octanol–water partition coefficient (Wildman–Crippen LogP) is 5.01. The second kappa shape index (κ2) is 7.22. The van der Waals surface area contributed by atoms with Crippen LogP contribution in [0.5, 0.6) is 0 Å². The summed E-state index contributed by atoms with van der Waals surface area (Å²) in [7, 11) is 0. The maximum atomic E-state index is 13.3. The van der Waals surface area contributed by atoms with E-state index in [-0.39, 0.29) is 11.1 Å². The van der Waals surface area contributed by atoms with E-state index in [0.29, 0.717) is 22.0 Å². The number of hydrogen-bond donors (Lipinski definition) is 1. The number of hydrogen-bond acceptors (Lipinski definition) is 4. The minimum Gasteiger partial charge on any atom is -0.507 e. The Hall–Kier alpha value is -3.38. The van der Waals surface area contributed by atoms with Crippen molar-refractivity contribution in [3.8, 4) is 0 Å². The second-order valence-electron chi connectivity index (χ2n) is 6.62. The predicted molar refractivity (Wildman–Crippen MR) is 106 cm³/mol. The van der Waals surface area contributed by atoms with Gasteiger partial charge in [0.2, 0.25) is 0 Å². The van der Waals surface area contributed by atoms with E-state index < -0.39 is 29.3 Å². The summed E-state index contributed by atoms with van der Waals surface area (Å²) in [6.07, 6.45) is 1.42. The second-order valence-corrected chi connectivity index (χ2v) is 7.06. The molecule has 0 saturated carbocycles. The number of amides is 1. The third-order valence-electron chi connectivity index (χ3n) is 4.79. The quantitative estimate of drug-likeness (QED) is 0.374. The van der Waals surface area contributed by atoms with Crippen molar-refractivity contribution in [2.75, 3.05) is 4.90 Å². The maximum Gasteiger partial charge on any atom is 0.300 e. The highest BCUT2D eigenvalue weighted by Gasteiger charge is 2.48. The van der Waals surface area contributed by atoms with Crippen molar-refractivity contribution in [2.45, 2.75) is 13.0 Å². The molecule has 1 N–H and O–H groups in total. The molecule has 0 bridgehead atoms. The van der Waals surface area contributed by atoms with Crippen LogP contribution < -0.4 is 4.90 Å². The monoisotopic (exact) mass is 411 g/mol. The van der Waals surface area contributed by atoms with Crippen molar-refractivity contribution in [1.29, 1.82) is 0 Å². The van der Waals surface area contributed by atoms with Gasteiger partial charge < -0.3 is 9.52 Å². The molecule has 0 aliphatic carbocycles. The standard InChI is InChI=1S/C22H15ClFNO4/c1-12-11-14(23)6-9-16(12)25-19(17-3-2-10-29-17)18(21(27)22(25)28)20(26)13-4-7-15(24)8-5-13/h2-11,19,26H,1H3/b20-18-. The minimum absolute atomic E-state index is 0.133. The fraction of sp³-hybridized carbons (Fsp3) is 0.0909. The molecule has 7 heteroatoms. The third kappa shape index (κ3) is 3.21. The molecule has 0 spiro atoms. The molecule has 1 aromatic heterocycles. The molecule has 1 saturated heterocycles. The lowest BCUT2D eigenvalue weighted by Crippen LogP contribution is -2.29. The molecule has 29 heavy (non-hydrogen) atoms. The molecule has 1 aliphatic heterocycles. The van der Waals surface area contributed by atoms with Gasteiger partial charge in [0.15, 0.2) is 0 Å². The lowest BCUT2D eigenvalue weighted by molar-refractivity contribution is -0.132. The molecule has 1 atom stereocenters. The van der Waals surface area contributed by atoms with Crippen molar-refractivity contribution in [1.82, 2.24) is 0 Å². The molecule has 1 fully saturated rings. The van der Waals surface area contributed by atoms with Crippen LogP contribution in [0, 0.1) is 12.7 Å². The highest BCUT2D eigenvalue weighted by molar-refractivity contribution is 6.51. The summed E-state index contributed by atoms with van der Waals surface area (Å²) < 4.78 is 18.8. The Kier molecular flexibility index (Phi) is 4.72. The highest BCUT2D eigenvalue weighted by Crippen LogP contribution is 2.43. The van der Waals surface area contributed by atoms with Crippen LogP contribution in [0.1, 0.15) is 22.9 Å². The number of Topliss-reactive ketones (excluding diaryl/α,β-unsaturated/α-hetero) is 1. The van der Waals surface area contributed by atoms with E-state index >= 15 is 0 Å². The Balaban J connectivity index is 1.94. The summed E-state index contributed by atoms with van der Waals surface area (Å²) in [5.74, 6) is -2.24. The van der Waals surface area contributed by atoms with Crippen molar-refractivity contribution in [3.05, 3.63) is 94.2 Å². The highest BCUT2D eigenvalue weighted by atomic mass is 35.5. The van der Waals surface area contributed by atoms with Crippen LogP contribution in [0.25, 0.3) is 5.76 Å². The van der Waals surface area contributed by atoms with Gasteiger partial charge in [-0.15, -0.1) is 0 Å². The van der Waals surface area contributed by atoms with Crippen LogP contribution in [0.4, 0.5) is 10.1 Å². The first-order valence-electron chi connectivity index (χ1n) is 8.75. The van der Waals surface area contributed by atoms with Gasteiger partial charge in [0.05, 0.1) is 11.8 Å². The smallest absolute Gasteiger partial charge is 0.300 e. The first-order chi connectivity index (χ1) is 13.9. The molecule has 2 heterocycles. The fourth-order valence-electron chi connectivity index (χ4n) is 3.45. The summed E-state index contributed by atoms with van der Waals surface area (Å²) in [4.78, 5) is 27.1. The average Bonchev–Trinajstić information content (AvgIpc) is 3.30. The number of carbonyl (C=O) groups is 2. The lowest BCUT2D eigenvalue weighted by Gasteiger charge is -2.25. The van der Waals surface area contributed by atoms with Crippen molar-refractivity contribution >= 4 is 34.7 Å². The molecule has 1 amide bonds. The number of aliphatic hydroxyl groups is 1. The van der Waals surface area contributed by atoms with Gasteiger partial charge in [-0.3, -0.25) is 14.5 Å². The van der Waals surface area contributed by atoms with Gasteiger partial charge in [-0.1, -0.05) is 11.6 Å². The molecule has 4 rings (SSSR count). The van der Waals surface area contributed by atoms with Crippen LogP contribution in [0.3, 0.4) is 0 Å². The molecule has 146 valence electrons. The van der Waals surface area contributed by atoms with Crippen LogP contribution in [0.2, 0.25) is 5.02 Å². The van der Waals surface area contributed by atoms with E-state index in [1.807, 2.05) is 0 Å². The third-order valence-corrected chi connectivity index (χ3v) is 5.03. The van der Waals surface area contributed by atoms with E-state index in [2.05, 4.69) is 0 Å². The van der Waals surface area contributed by atoms with Gasteiger partial charge >= 0.3 is 0 Å². The SMILES string of the molecule is Cc1cc(Cl)ccc1N1C(=O)C(=O)/C(=C(\O)c2ccc(F)cc2)C1c1ccco1. The van der Waals surface area contributed by atoms with Gasteiger partial charge in [0, 0.05) is 16.3 Å². The van der Waals surface area contributed by atoms with Gasteiger partial charge in [-0.2, -0.15) is 0 Å². The Morgan fingerprint density at radius 1 is 1.14 bits per heavy atom. The van der Waals surface area contributed by atoms with E-state index in [4.69, 9.17) is 16.0 Å². The zero-order valence-corrected chi connectivity index (χ0v) is 16.0. The Labute approximate surface area is 170 Å². The Morgan fingerprint density at radius 3 is 2.48 bits per heavy atom. The Bertz CT molecular complexity index is 1140. The number of halogens is 2. The molecule has 5 nitrogen and oxygen atoms in total. The molecule has 2 aromatic carbocycles. The lowest BCUT2D eigenvalue weighted by atomic mass is 9.99. The van der Waals surface area contributed by atoms with Crippen molar-refractivity contribution < 1.29 is 23.5 Å². The molecular weight excluding hydrogens is 397 g/mol. The fourth-order valence-corrected chi connectivity index (χ4v) is 3.68. The number of aliphatic hydroxyl groups excluding tert-OH is 1. The number of benzene rings is 2. The number of anilines is 1. The van der Waals surface area contributed by atoms with E-state index in [9.17, 15) is 19.1 Å². The normalized spacial score (nSPS) is 18.4. The van der Waals surface area contributed by atoms with Crippen molar-refractivity contribution in [3.63, 3.8) is 0 Å². The zero-order chi connectivity index (χ0) is 20.7. The van der Waals surface area contributed by atoms with Crippen LogP contribution in [0.15, 0.2) is 70.9 Å². The van der Waals surface area contributed by atoms with E-state index in [1.54, 1.807) is 37.3 Å². The summed E-state index contributed by atoms with van der Waals surface area (Å²) in [5, 5.41) is 11.3. The van der Waals surface area contributed by atoms with Gasteiger partial charge in [-0.25, -0.2) is 4.39 Å². The number of aryl methyl sites for hydroxylation is 1. The number of nitrogens with zero attached hydrogens (tertiary/aromatic N) is 1. The molecule has 0 radical (unpaired) electrons. The van der Waals surface area contributed by atoms with Gasteiger partial charge in [0.25, 0.3) is 11.7 Å². The average molecular weight is 412 g/mol.